The zero-order valence-electron chi connectivity index (χ0n) is 33.0. The molecule has 0 aliphatic heterocycles. The Morgan fingerprint density at radius 1 is 0.927 bits per heavy atom. The number of nitrogens with two attached hydrogens (primary N) is 1. The van der Waals surface area contributed by atoms with Crippen LogP contribution in [0.4, 0.5) is 14.7 Å². The van der Waals surface area contributed by atoms with Crippen molar-refractivity contribution in [3.63, 3.8) is 0 Å². The van der Waals surface area contributed by atoms with Crippen LogP contribution in [0.3, 0.4) is 0 Å². The highest BCUT2D eigenvalue weighted by Crippen LogP contribution is 2.23. The number of carbonyl (C=O) groups excluding carboxylic acids is 3. The number of hydrogen-bond donors (Lipinski definition) is 4. The van der Waals surface area contributed by atoms with E-state index in [4.69, 9.17) is 29.5 Å². The summed E-state index contributed by atoms with van der Waals surface area (Å²) >= 11 is 0.952. The fraction of sp³-hybridized carbons (Fsp3) is 0.541. The van der Waals surface area contributed by atoms with Crippen molar-refractivity contribution in [3.05, 3.63) is 47.7 Å². The lowest BCUT2D eigenvalue weighted by atomic mass is 10.1. The average molecular weight is 789 g/mol. The maximum atomic E-state index is 13.1. The van der Waals surface area contributed by atoms with Crippen molar-refractivity contribution in [1.29, 1.82) is 0 Å². The van der Waals surface area contributed by atoms with Gasteiger partial charge >= 0.3 is 24.1 Å². The van der Waals surface area contributed by atoms with E-state index >= 15 is 0 Å². The first-order valence-corrected chi connectivity index (χ1v) is 18.7. The van der Waals surface area contributed by atoms with Crippen LogP contribution in [-0.4, -0.2) is 87.2 Å². The molecule has 18 heteroatoms. The van der Waals surface area contributed by atoms with E-state index in [-0.39, 0.29) is 17.4 Å². The number of hydrogen-bond acceptors (Lipinski definition) is 13. The number of thiazole rings is 1. The maximum absolute atomic E-state index is 13.1. The Labute approximate surface area is 325 Å². The van der Waals surface area contributed by atoms with Crippen LogP contribution in [-0.2, 0) is 41.7 Å². The van der Waals surface area contributed by atoms with Gasteiger partial charge in [0.1, 0.15) is 34.9 Å². The molecule has 0 fully saturated rings. The number of carboxylic acids is 1. The van der Waals surface area contributed by atoms with Crippen molar-refractivity contribution in [1.82, 2.24) is 15.0 Å². The van der Waals surface area contributed by atoms with Crippen molar-refractivity contribution in [2.45, 2.75) is 111 Å². The molecule has 1 aromatic carbocycles. The molecule has 0 aliphatic rings. The summed E-state index contributed by atoms with van der Waals surface area (Å²) in [4.78, 5) is 58.9. The standard InChI is InChI=1S/C37H53N7O10S/c1-35(2,3)51-31(47)28(54-42-29(30(45)46)27-23-55-32(40-27)41-34(49)53-37(7,8)9)22-50-26-14-12-24(13-15-26)25-20-43(18-10-16-38)44(21-25)19-11-17-39-33(48)52-36(4,5)6/h12-15,20-21,23,28H,10-11,16-19,22,38H2,1-9H3,(H2-,39,40,41,45,46,48,49)/p+1/b42-29-/t28-/m0/s1. The van der Waals surface area contributed by atoms with Crippen molar-refractivity contribution >= 4 is 46.3 Å². The predicted octanol–water partition coefficient (Wildman–Crippen LogP) is 5.10. The normalized spacial score (nSPS) is 12.7. The number of rotatable bonds is 17. The summed E-state index contributed by atoms with van der Waals surface area (Å²) in [6.07, 6.45) is 2.83. The summed E-state index contributed by atoms with van der Waals surface area (Å²) in [5, 5.41) is 20.3. The summed E-state index contributed by atoms with van der Waals surface area (Å²) in [5.41, 5.74) is 4.70. The first-order chi connectivity index (χ1) is 25.6. The number of ether oxygens (including phenoxy) is 4. The number of carbonyl (C=O) groups is 4. The summed E-state index contributed by atoms with van der Waals surface area (Å²) < 4.78 is 26.0. The van der Waals surface area contributed by atoms with Crippen LogP contribution in [0.1, 0.15) is 80.8 Å². The Kier molecular flexibility index (Phi) is 15.6. The Morgan fingerprint density at radius 3 is 2.16 bits per heavy atom. The number of nitrogens with one attached hydrogen (secondary N) is 2. The van der Waals surface area contributed by atoms with E-state index in [1.807, 2.05) is 45.3 Å². The van der Waals surface area contributed by atoms with Gasteiger partial charge in [-0.1, -0.05) is 17.3 Å². The number of carboxylic acid groups (broad SMARTS) is 1. The van der Waals surface area contributed by atoms with Crippen molar-refractivity contribution in [2.75, 3.05) is 25.0 Å². The maximum Gasteiger partial charge on any atom is 0.413 e. The quantitative estimate of drug-likeness (QED) is 0.0351. The third-order valence-corrected chi connectivity index (χ3v) is 7.57. The molecule has 55 heavy (non-hydrogen) atoms. The molecule has 17 nitrogen and oxygen atoms in total. The molecule has 3 rings (SSSR count). The van der Waals surface area contributed by atoms with E-state index in [0.717, 1.165) is 28.9 Å². The molecule has 302 valence electrons. The smallest absolute Gasteiger partial charge is 0.413 e. The molecule has 0 bridgehead atoms. The first-order valence-electron chi connectivity index (χ1n) is 17.8. The number of aliphatic carboxylic acids is 1. The lowest BCUT2D eigenvalue weighted by Gasteiger charge is -2.23. The number of esters is 1. The summed E-state index contributed by atoms with van der Waals surface area (Å²) in [6, 6.07) is 7.19. The van der Waals surface area contributed by atoms with Crippen molar-refractivity contribution in [3.8, 4) is 16.9 Å². The minimum absolute atomic E-state index is 0.0724. The van der Waals surface area contributed by atoms with Gasteiger partial charge in [-0.25, -0.2) is 24.2 Å². The Morgan fingerprint density at radius 2 is 1.56 bits per heavy atom. The highest BCUT2D eigenvalue weighted by molar-refractivity contribution is 7.14. The second kappa shape index (κ2) is 19.4. The number of aromatic nitrogens is 3. The highest BCUT2D eigenvalue weighted by Gasteiger charge is 2.30. The van der Waals surface area contributed by atoms with Crippen LogP contribution in [0, 0.1) is 0 Å². The number of aryl methyl sites for hydroxylation is 2. The van der Waals surface area contributed by atoms with Gasteiger partial charge in [0.2, 0.25) is 11.9 Å². The number of anilines is 1. The molecular weight excluding hydrogens is 735 g/mol. The van der Waals surface area contributed by atoms with Gasteiger partial charge in [0, 0.05) is 18.3 Å². The largest absolute Gasteiger partial charge is 0.489 e. The molecule has 5 N–H and O–H groups in total. The minimum atomic E-state index is -1.48. The van der Waals surface area contributed by atoms with Gasteiger partial charge in [0.05, 0.1) is 18.3 Å². The van der Waals surface area contributed by atoms with Gasteiger partial charge in [-0.3, -0.25) is 5.32 Å². The van der Waals surface area contributed by atoms with Gasteiger partial charge < -0.3 is 39.9 Å². The third-order valence-electron chi connectivity index (χ3n) is 6.82. The minimum Gasteiger partial charge on any atom is -0.489 e. The molecule has 1 atom stereocenters. The van der Waals surface area contributed by atoms with E-state index in [9.17, 15) is 24.3 Å². The number of oxime groups is 1. The molecule has 2 heterocycles. The molecule has 0 saturated carbocycles. The molecule has 0 saturated heterocycles. The number of amides is 2. The molecule has 0 spiro atoms. The lowest BCUT2D eigenvalue weighted by molar-refractivity contribution is -0.775. The summed E-state index contributed by atoms with van der Waals surface area (Å²) in [5.74, 6) is -1.90. The van der Waals surface area contributed by atoms with Crippen LogP contribution >= 0.6 is 11.3 Å². The fourth-order valence-corrected chi connectivity index (χ4v) is 5.28. The van der Waals surface area contributed by atoms with Crippen LogP contribution in [0.25, 0.3) is 11.1 Å². The summed E-state index contributed by atoms with van der Waals surface area (Å²) in [6.45, 7) is 17.5. The van der Waals surface area contributed by atoms with Crippen molar-refractivity contribution < 1.29 is 52.8 Å². The Hall–Kier alpha value is -5.23. The predicted molar refractivity (Wildman–Crippen MR) is 205 cm³/mol. The van der Waals surface area contributed by atoms with Gasteiger partial charge in [-0.05, 0) is 93.0 Å². The number of benzene rings is 1. The highest BCUT2D eigenvalue weighted by atomic mass is 32.1. The fourth-order valence-electron chi connectivity index (χ4n) is 4.60. The van der Waals surface area contributed by atoms with Gasteiger partial charge in [0.15, 0.2) is 11.7 Å². The van der Waals surface area contributed by atoms with Crippen LogP contribution < -0.4 is 25.8 Å². The second-order valence-corrected chi connectivity index (χ2v) is 16.2. The molecule has 0 radical (unpaired) electrons. The zero-order chi connectivity index (χ0) is 41.0. The van der Waals surface area contributed by atoms with E-state index in [1.54, 1.807) is 53.7 Å². The van der Waals surface area contributed by atoms with Crippen LogP contribution in [0.15, 0.2) is 47.2 Å². The molecule has 2 aromatic heterocycles. The monoisotopic (exact) mass is 788 g/mol. The third kappa shape index (κ3) is 16.0. The van der Waals surface area contributed by atoms with Gasteiger partial charge in [-0.2, -0.15) is 4.68 Å². The second-order valence-electron chi connectivity index (χ2n) is 15.3. The SMILES string of the molecule is CC(C)(C)OC(=O)NCCCn1cc(-c2ccc(OC[C@H](O/N=C(\C(=O)O)c3csc(NC(=O)OC(C)(C)C)n3)C(=O)OC(C)(C)C)cc2)c[n+]1CCCN. The van der Waals surface area contributed by atoms with Gasteiger partial charge in [-0.15, -0.1) is 16.0 Å². The van der Waals surface area contributed by atoms with E-state index < -0.39 is 52.7 Å². The average Bonchev–Trinajstić information content (AvgIpc) is 3.68. The number of alkyl carbamates (subject to hydrolysis) is 1. The summed E-state index contributed by atoms with van der Waals surface area (Å²) in [7, 11) is 0. The molecule has 0 unspecified atom stereocenters. The Bertz CT molecular complexity index is 1780. The van der Waals surface area contributed by atoms with E-state index in [1.165, 1.54) is 5.38 Å². The van der Waals surface area contributed by atoms with E-state index in [0.29, 0.717) is 38.3 Å². The molecule has 2 amide bonds. The van der Waals surface area contributed by atoms with Crippen LogP contribution in [0.5, 0.6) is 5.75 Å². The van der Waals surface area contributed by atoms with Crippen molar-refractivity contribution in [2.24, 2.45) is 10.9 Å². The van der Waals surface area contributed by atoms with Crippen LogP contribution in [0.2, 0.25) is 0 Å². The first kappa shape index (κ1) is 44.2. The van der Waals surface area contributed by atoms with Gasteiger partial charge in [0.25, 0.3) is 6.10 Å². The molecule has 0 aliphatic carbocycles. The number of nitrogens with zero attached hydrogens (tertiary/aromatic N) is 4. The zero-order valence-corrected chi connectivity index (χ0v) is 33.8. The lowest BCUT2D eigenvalue weighted by Crippen LogP contribution is -2.43. The molecular formula is C37H54N7O10S+. The Balaban J connectivity index is 1.72. The van der Waals surface area contributed by atoms with E-state index in [2.05, 4.69) is 30.1 Å². The molecule has 3 aromatic rings. The topological polar surface area (TPSA) is 219 Å².